The molecule has 1 rings (SSSR count). The van der Waals surface area contributed by atoms with Crippen LogP contribution in [0.25, 0.3) is 0 Å². The van der Waals surface area contributed by atoms with Crippen LogP contribution >= 0.6 is 11.8 Å². The lowest BCUT2D eigenvalue weighted by Crippen LogP contribution is -2.41. The van der Waals surface area contributed by atoms with Crippen LogP contribution in [0, 0.1) is 5.92 Å². The minimum absolute atomic E-state index is 0.0199. The predicted molar refractivity (Wildman–Crippen MR) is 73.3 cm³/mol. The number of aliphatic hydroxyl groups excluding tert-OH is 2. The first-order valence-corrected chi connectivity index (χ1v) is 6.88. The van der Waals surface area contributed by atoms with Crippen molar-refractivity contribution in [2.75, 3.05) is 6.61 Å². The van der Waals surface area contributed by atoms with E-state index >= 15 is 0 Å². The lowest BCUT2D eigenvalue weighted by Gasteiger charge is -2.36. The molecule has 3 heteroatoms. The van der Waals surface area contributed by atoms with E-state index in [0.717, 1.165) is 11.3 Å². The fourth-order valence-electron chi connectivity index (χ4n) is 1.80. The third kappa shape index (κ3) is 3.73. The van der Waals surface area contributed by atoms with Gasteiger partial charge in [0.2, 0.25) is 0 Å². The van der Waals surface area contributed by atoms with Crippen LogP contribution in [-0.4, -0.2) is 27.7 Å². The first-order chi connectivity index (χ1) is 8.03. The van der Waals surface area contributed by atoms with Gasteiger partial charge in [-0.15, -0.1) is 11.8 Å². The molecule has 0 spiro atoms. The fourth-order valence-corrected chi connectivity index (χ4v) is 3.13. The molecule has 0 bridgehead atoms. The summed E-state index contributed by atoms with van der Waals surface area (Å²) >= 11 is 1.68. The Morgan fingerprint density at radius 1 is 1.29 bits per heavy atom. The zero-order chi connectivity index (χ0) is 12.9. The Bertz CT molecular complexity index is 328. The number of hydrogen-bond donors (Lipinski definition) is 2. The maximum atomic E-state index is 10.3. The summed E-state index contributed by atoms with van der Waals surface area (Å²) in [6.45, 7) is 6.03. The van der Waals surface area contributed by atoms with Crippen LogP contribution in [0.4, 0.5) is 0 Å². The van der Waals surface area contributed by atoms with Crippen molar-refractivity contribution in [2.45, 2.75) is 42.9 Å². The van der Waals surface area contributed by atoms with Gasteiger partial charge in [-0.05, 0) is 25.5 Å². The Hall–Kier alpha value is -0.510. The van der Waals surface area contributed by atoms with E-state index in [1.807, 2.05) is 25.1 Å². The van der Waals surface area contributed by atoms with Crippen LogP contribution in [0.1, 0.15) is 27.2 Å². The Labute approximate surface area is 108 Å². The molecular weight excluding hydrogens is 232 g/mol. The van der Waals surface area contributed by atoms with E-state index in [2.05, 4.69) is 26.0 Å². The van der Waals surface area contributed by atoms with Gasteiger partial charge >= 0.3 is 0 Å². The summed E-state index contributed by atoms with van der Waals surface area (Å²) < 4.78 is -0.260. The quantitative estimate of drug-likeness (QED) is 0.767. The summed E-state index contributed by atoms with van der Waals surface area (Å²) in [4.78, 5) is 1.15. The van der Waals surface area contributed by atoms with Crippen LogP contribution in [0.3, 0.4) is 0 Å². The molecule has 0 aliphatic carbocycles. The van der Waals surface area contributed by atoms with E-state index in [1.54, 1.807) is 11.8 Å². The van der Waals surface area contributed by atoms with E-state index in [4.69, 9.17) is 5.11 Å². The first kappa shape index (κ1) is 14.6. The molecule has 1 aromatic rings. The fraction of sp³-hybridized carbons (Fsp3) is 0.571. The molecule has 0 aliphatic heterocycles. The largest absolute Gasteiger partial charge is 0.396 e. The SMILES string of the molecule is CC[C@](C)(Sc1ccccc1)[C@H](O)[C@@H](C)CO. The van der Waals surface area contributed by atoms with Crippen molar-refractivity contribution in [3.63, 3.8) is 0 Å². The highest BCUT2D eigenvalue weighted by Crippen LogP contribution is 2.40. The van der Waals surface area contributed by atoms with E-state index in [-0.39, 0.29) is 17.3 Å². The van der Waals surface area contributed by atoms with Crippen molar-refractivity contribution in [3.8, 4) is 0 Å². The molecule has 0 radical (unpaired) electrons. The molecule has 17 heavy (non-hydrogen) atoms. The Morgan fingerprint density at radius 3 is 2.35 bits per heavy atom. The van der Waals surface area contributed by atoms with E-state index in [9.17, 15) is 5.11 Å². The molecule has 2 N–H and O–H groups in total. The number of thioether (sulfide) groups is 1. The summed E-state index contributed by atoms with van der Waals surface area (Å²) in [6.07, 6.45) is 0.348. The highest BCUT2D eigenvalue weighted by Gasteiger charge is 2.35. The van der Waals surface area contributed by atoms with Crippen molar-refractivity contribution in [1.82, 2.24) is 0 Å². The van der Waals surface area contributed by atoms with Crippen molar-refractivity contribution < 1.29 is 10.2 Å². The lowest BCUT2D eigenvalue weighted by molar-refractivity contribution is 0.0490. The predicted octanol–water partition coefficient (Wildman–Crippen LogP) is 2.94. The third-order valence-corrected chi connectivity index (χ3v) is 4.75. The normalized spacial score (nSPS) is 18.4. The summed E-state index contributed by atoms with van der Waals surface area (Å²) in [5.74, 6) is -0.101. The zero-order valence-corrected chi connectivity index (χ0v) is 11.6. The average Bonchev–Trinajstić information content (AvgIpc) is 2.37. The second kappa shape index (κ2) is 6.43. The minimum Gasteiger partial charge on any atom is -0.396 e. The molecule has 0 amide bonds. The summed E-state index contributed by atoms with van der Waals surface area (Å²) in [6, 6.07) is 10.1. The molecule has 0 fully saturated rings. The highest BCUT2D eigenvalue weighted by atomic mass is 32.2. The van der Waals surface area contributed by atoms with Gasteiger partial charge in [0.15, 0.2) is 0 Å². The Morgan fingerprint density at radius 2 is 1.88 bits per heavy atom. The Balaban J connectivity index is 2.82. The van der Waals surface area contributed by atoms with Crippen molar-refractivity contribution in [3.05, 3.63) is 30.3 Å². The minimum atomic E-state index is -0.511. The van der Waals surface area contributed by atoms with Crippen molar-refractivity contribution in [1.29, 1.82) is 0 Å². The van der Waals surface area contributed by atoms with Gasteiger partial charge in [0.25, 0.3) is 0 Å². The molecule has 1 aromatic carbocycles. The van der Waals surface area contributed by atoms with Crippen LogP contribution in [-0.2, 0) is 0 Å². The maximum Gasteiger partial charge on any atom is 0.0734 e. The van der Waals surface area contributed by atoms with Crippen LogP contribution in [0.15, 0.2) is 35.2 Å². The smallest absolute Gasteiger partial charge is 0.0734 e. The molecule has 2 nitrogen and oxygen atoms in total. The molecule has 0 aliphatic rings. The molecule has 96 valence electrons. The van der Waals surface area contributed by atoms with E-state index in [0.29, 0.717) is 0 Å². The Kier molecular flexibility index (Phi) is 5.50. The van der Waals surface area contributed by atoms with Gasteiger partial charge in [-0.1, -0.05) is 32.0 Å². The molecule has 0 aromatic heterocycles. The van der Waals surface area contributed by atoms with Crippen molar-refractivity contribution >= 4 is 11.8 Å². The van der Waals surface area contributed by atoms with Crippen LogP contribution in [0.5, 0.6) is 0 Å². The zero-order valence-electron chi connectivity index (χ0n) is 10.8. The van der Waals surface area contributed by atoms with Crippen LogP contribution in [0.2, 0.25) is 0 Å². The van der Waals surface area contributed by atoms with Gasteiger partial charge in [-0.3, -0.25) is 0 Å². The third-order valence-electron chi connectivity index (χ3n) is 3.25. The number of rotatable bonds is 6. The summed E-state index contributed by atoms with van der Waals surface area (Å²) in [5, 5.41) is 19.5. The van der Waals surface area contributed by atoms with Gasteiger partial charge in [0.1, 0.15) is 0 Å². The van der Waals surface area contributed by atoms with Crippen molar-refractivity contribution in [2.24, 2.45) is 5.92 Å². The highest BCUT2D eigenvalue weighted by molar-refractivity contribution is 8.00. The molecule has 3 atom stereocenters. The number of aliphatic hydroxyl groups is 2. The van der Waals surface area contributed by atoms with E-state index in [1.165, 1.54) is 0 Å². The molecule has 0 saturated carbocycles. The number of hydrogen-bond acceptors (Lipinski definition) is 3. The standard InChI is InChI=1S/C14H22O2S/c1-4-14(3,13(16)11(2)10-15)17-12-8-6-5-7-9-12/h5-9,11,13,15-16H,4,10H2,1-3H3/t11-,13+,14-/m0/s1. The van der Waals surface area contributed by atoms with Gasteiger partial charge in [-0.25, -0.2) is 0 Å². The molecular formula is C14H22O2S. The molecule has 0 unspecified atom stereocenters. The van der Waals surface area contributed by atoms with E-state index < -0.39 is 6.10 Å². The first-order valence-electron chi connectivity index (χ1n) is 6.06. The van der Waals surface area contributed by atoms with Crippen LogP contribution < -0.4 is 0 Å². The average molecular weight is 254 g/mol. The van der Waals surface area contributed by atoms with Gasteiger partial charge in [0, 0.05) is 22.2 Å². The van der Waals surface area contributed by atoms with Gasteiger partial charge < -0.3 is 10.2 Å². The van der Waals surface area contributed by atoms with Gasteiger partial charge in [-0.2, -0.15) is 0 Å². The summed E-state index contributed by atoms with van der Waals surface area (Å²) in [5.41, 5.74) is 0. The number of benzene rings is 1. The van der Waals surface area contributed by atoms with Gasteiger partial charge in [0.05, 0.1) is 6.10 Å². The second-order valence-corrected chi connectivity index (χ2v) is 6.29. The molecule has 0 saturated heterocycles. The topological polar surface area (TPSA) is 40.5 Å². The lowest BCUT2D eigenvalue weighted by atomic mass is 9.91. The second-order valence-electron chi connectivity index (χ2n) is 4.69. The monoisotopic (exact) mass is 254 g/mol. The summed E-state index contributed by atoms with van der Waals surface area (Å²) in [7, 11) is 0. The maximum absolute atomic E-state index is 10.3. The molecule has 0 heterocycles.